The maximum absolute atomic E-state index is 12.3. The molecular formula is C26H29NO5. The normalized spacial score (nSPS) is 20.3. The summed E-state index contributed by atoms with van der Waals surface area (Å²) in [5.41, 5.74) is 3.51. The number of hydrogen-bond acceptors (Lipinski definition) is 5. The van der Waals surface area contributed by atoms with Crippen LogP contribution < -0.4 is 0 Å². The summed E-state index contributed by atoms with van der Waals surface area (Å²) in [4.78, 5) is 15.3. The molecule has 0 spiro atoms. The van der Waals surface area contributed by atoms with Crippen LogP contribution in [0.2, 0.25) is 0 Å². The molecule has 0 saturated carbocycles. The molecule has 3 atom stereocenters. The van der Waals surface area contributed by atoms with E-state index in [2.05, 4.69) is 4.98 Å². The van der Waals surface area contributed by atoms with Crippen LogP contribution in [0.3, 0.4) is 0 Å². The van der Waals surface area contributed by atoms with Crippen LogP contribution in [0.25, 0.3) is 0 Å². The minimum absolute atomic E-state index is 0.152. The number of nitrogens with one attached hydrogen (secondary N) is 1. The molecule has 6 nitrogen and oxygen atoms in total. The van der Waals surface area contributed by atoms with Crippen molar-refractivity contribution in [1.29, 1.82) is 0 Å². The van der Waals surface area contributed by atoms with E-state index in [1.165, 1.54) is 0 Å². The van der Waals surface area contributed by atoms with Crippen molar-refractivity contribution in [1.82, 2.24) is 4.98 Å². The number of hydrogen-bond donors (Lipinski definition) is 1. The zero-order valence-electron chi connectivity index (χ0n) is 18.2. The Morgan fingerprint density at radius 2 is 1.69 bits per heavy atom. The molecular weight excluding hydrogens is 406 g/mol. The first-order chi connectivity index (χ1) is 15.7. The predicted octanol–water partition coefficient (Wildman–Crippen LogP) is 4.82. The summed E-state index contributed by atoms with van der Waals surface area (Å²) in [5, 5.41) is 0. The van der Waals surface area contributed by atoms with Crippen molar-refractivity contribution in [3.63, 3.8) is 0 Å². The minimum atomic E-state index is -0.349. The van der Waals surface area contributed by atoms with Gasteiger partial charge in [0.25, 0.3) is 0 Å². The third kappa shape index (κ3) is 5.65. The van der Waals surface area contributed by atoms with Gasteiger partial charge in [0.15, 0.2) is 0 Å². The molecule has 0 radical (unpaired) electrons. The third-order valence-electron chi connectivity index (χ3n) is 5.52. The highest BCUT2D eigenvalue weighted by Crippen LogP contribution is 2.37. The molecule has 1 saturated heterocycles. The second kappa shape index (κ2) is 11.1. The Morgan fingerprint density at radius 3 is 2.38 bits per heavy atom. The van der Waals surface area contributed by atoms with Gasteiger partial charge < -0.3 is 23.9 Å². The molecule has 2 aromatic carbocycles. The van der Waals surface area contributed by atoms with E-state index in [9.17, 15) is 4.79 Å². The smallest absolute Gasteiger partial charge is 0.340 e. The Hall–Kier alpha value is -2.93. The van der Waals surface area contributed by atoms with Crippen LogP contribution in [-0.2, 0) is 32.2 Å². The number of benzene rings is 2. The lowest BCUT2D eigenvalue weighted by Crippen LogP contribution is -2.29. The molecule has 0 bridgehead atoms. The van der Waals surface area contributed by atoms with Gasteiger partial charge in [0, 0.05) is 24.4 Å². The fourth-order valence-corrected chi connectivity index (χ4v) is 3.91. The Kier molecular flexibility index (Phi) is 7.72. The van der Waals surface area contributed by atoms with Crippen molar-refractivity contribution in [2.75, 3.05) is 13.2 Å². The van der Waals surface area contributed by atoms with Crippen LogP contribution in [0.15, 0.2) is 73.1 Å². The average molecular weight is 436 g/mol. The van der Waals surface area contributed by atoms with E-state index >= 15 is 0 Å². The SMILES string of the molecule is CCOC(=O)c1c[nH]cc1[C@@H]1C[C@H](OCc2ccccc2)[C@@H](COCc2ccccc2)O1. The Balaban J connectivity index is 1.43. The molecule has 0 aliphatic carbocycles. The van der Waals surface area contributed by atoms with Crippen LogP contribution in [0.4, 0.5) is 0 Å². The maximum Gasteiger partial charge on any atom is 0.340 e. The van der Waals surface area contributed by atoms with Crippen molar-refractivity contribution in [2.24, 2.45) is 0 Å². The highest BCUT2D eigenvalue weighted by Gasteiger charge is 2.39. The molecule has 3 aromatic rings. The van der Waals surface area contributed by atoms with Crippen molar-refractivity contribution in [3.05, 3.63) is 95.3 Å². The molecule has 32 heavy (non-hydrogen) atoms. The standard InChI is InChI=1S/C26H29NO5/c1-2-30-26(28)22-15-27-14-21(22)23-13-24(31-17-20-11-7-4-8-12-20)25(32-23)18-29-16-19-9-5-3-6-10-19/h3-12,14-15,23-25,27H,2,13,16-18H2,1H3/t23-,24-,25+/m0/s1. The number of aromatic nitrogens is 1. The lowest BCUT2D eigenvalue weighted by molar-refractivity contribution is -0.0716. The van der Waals surface area contributed by atoms with Crippen molar-refractivity contribution in [3.8, 4) is 0 Å². The summed E-state index contributed by atoms with van der Waals surface area (Å²) in [7, 11) is 0. The Morgan fingerprint density at radius 1 is 1.00 bits per heavy atom. The van der Waals surface area contributed by atoms with E-state index in [0.29, 0.717) is 38.4 Å². The van der Waals surface area contributed by atoms with Gasteiger partial charge >= 0.3 is 5.97 Å². The summed E-state index contributed by atoms with van der Waals surface area (Å²) in [6, 6.07) is 20.1. The highest BCUT2D eigenvalue weighted by molar-refractivity contribution is 5.91. The Bertz CT molecular complexity index is 972. The number of carbonyl (C=O) groups excluding carboxylic acids is 1. The van der Waals surface area contributed by atoms with Crippen molar-refractivity contribution in [2.45, 2.75) is 44.9 Å². The first-order valence-electron chi connectivity index (χ1n) is 11.0. The van der Waals surface area contributed by atoms with E-state index in [4.69, 9.17) is 18.9 Å². The van der Waals surface area contributed by atoms with E-state index in [0.717, 1.165) is 16.7 Å². The number of H-pyrrole nitrogens is 1. The average Bonchev–Trinajstić information content (AvgIpc) is 3.46. The molecule has 1 aliphatic rings. The molecule has 1 fully saturated rings. The molecule has 0 amide bonds. The van der Waals surface area contributed by atoms with Gasteiger partial charge in [0.05, 0.1) is 44.2 Å². The molecule has 2 heterocycles. The molecule has 1 N–H and O–H groups in total. The summed E-state index contributed by atoms with van der Waals surface area (Å²) < 4.78 is 23.7. The van der Waals surface area contributed by atoms with Gasteiger partial charge in [-0.2, -0.15) is 0 Å². The van der Waals surface area contributed by atoms with Gasteiger partial charge in [-0.05, 0) is 18.1 Å². The lowest BCUT2D eigenvalue weighted by atomic mass is 10.0. The van der Waals surface area contributed by atoms with Crippen LogP contribution in [0.1, 0.15) is 46.5 Å². The maximum atomic E-state index is 12.3. The van der Waals surface area contributed by atoms with Gasteiger partial charge in [-0.1, -0.05) is 60.7 Å². The molecule has 1 aromatic heterocycles. The summed E-state index contributed by atoms with van der Waals surface area (Å²) in [5.74, 6) is -0.349. The van der Waals surface area contributed by atoms with Gasteiger partial charge in [-0.25, -0.2) is 4.79 Å². The highest BCUT2D eigenvalue weighted by atomic mass is 16.6. The van der Waals surface area contributed by atoms with Crippen LogP contribution >= 0.6 is 0 Å². The van der Waals surface area contributed by atoms with E-state index in [-0.39, 0.29) is 24.3 Å². The van der Waals surface area contributed by atoms with Gasteiger partial charge in [-0.15, -0.1) is 0 Å². The summed E-state index contributed by atoms with van der Waals surface area (Å²) in [6.07, 6.45) is 3.44. The van der Waals surface area contributed by atoms with Crippen LogP contribution in [0.5, 0.6) is 0 Å². The lowest BCUT2D eigenvalue weighted by Gasteiger charge is -2.19. The summed E-state index contributed by atoms with van der Waals surface area (Å²) in [6.45, 7) is 3.53. The van der Waals surface area contributed by atoms with Crippen molar-refractivity contribution >= 4 is 5.97 Å². The van der Waals surface area contributed by atoms with E-state index in [1.54, 1.807) is 19.3 Å². The second-order valence-corrected chi connectivity index (χ2v) is 7.78. The zero-order chi connectivity index (χ0) is 22.2. The molecule has 1 aliphatic heterocycles. The topological polar surface area (TPSA) is 69.8 Å². The van der Waals surface area contributed by atoms with Gasteiger partial charge in [-0.3, -0.25) is 0 Å². The Labute approximate surface area is 188 Å². The van der Waals surface area contributed by atoms with Crippen molar-refractivity contribution < 1.29 is 23.7 Å². The number of carbonyl (C=O) groups is 1. The monoisotopic (exact) mass is 435 g/mol. The van der Waals surface area contributed by atoms with Crippen LogP contribution in [0, 0.1) is 0 Å². The zero-order valence-corrected chi connectivity index (χ0v) is 18.2. The third-order valence-corrected chi connectivity index (χ3v) is 5.52. The molecule has 4 rings (SSSR count). The van der Waals surface area contributed by atoms with E-state index in [1.807, 2.05) is 60.7 Å². The summed E-state index contributed by atoms with van der Waals surface area (Å²) >= 11 is 0. The first-order valence-corrected chi connectivity index (χ1v) is 11.0. The quantitative estimate of drug-likeness (QED) is 0.462. The number of ether oxygens (including phenoxy) is 4. The van der Waals surface area contributed by atoms with Crippen LogP contribution in [-0.4, -0.2) is 36.4 Å². The van der Waals surface area contributed by atoms with Gasteiger partial charge in [0.2, 0.25) is 0 Å². The largest absolute Gasteiger partial charge is 0.462 e. The second-order valence-electron chi connectivity index (χ2n) is 7.78. The molecule has 6 heteroatoms. The van der Waals surface area contributed by atoms with Gasteiger partial charge in [0.1, 0.15) is 6.10 Å². The molecule has 0 unspecified atom stereocenters. The van der Waals surface area contributed by atoms with E-state index < -0.39 is 0 Å². The number of esters is 1. The minimum Gasteiger partial charge on any atom is -0.462 e. The number of rotatable bonds is 10. The fraction of sp³-hybridized carbons (Fsp3) is 0.346. The first kappa shape index (κ1) is 22.3. The molecule has 168 valence electrons. The fourth-order valence-electron chi connectivity index (χ4n) is 3.91. The number of aromatic amines is 1. The predicted molar refractivity (Wildman–Crippen MR) is 120 cm³/mol.